The van der Waals surface area contributed by atoms with Crippen LogP contribution < -0.4 is 0 Å². The van der Waals surface area contributed by atoms with Gasteiger partial charge in [0.2, 0.25) is 0 Å². The fourth-order valence-corrected chi connectivity index (χ4v) is 0. The van der Waals surface area contributed by atoms with Crippen LogP contribution in [0.25, 0.3) is 0 Å². The summed E-state index contributed by atoms with van der Waals surface area (Å²) < 4.78 is 0. The molecule has 97 heavy (non-hydrogen) atoms. The lowest BCUT2D eigenvalue weighted by molar-refractivity contribution is 2.50. The van der Waals surface area contributed by atoms with Crippen LogP contribution in [-0.4, -0.2) is 0 Å². The predicted molar refractivity (Wildman–Crippen MR) is 653 cm³/mol. The highest BCUT2D eigenvalue weighted by Gasteiger charge is 0.0184. The summed E-state index contributed by atoms with van der Waals surface area (Å²) in [5.41, 5.74) is 0. The molecule has 0 aromatic carbocycles. The SMILES string of the molecule is C.C.C.C.C.C.C.C.C.C.C.C.C.C.C.C.C.C.C.C.C.C.C.C.C.C.C.C.C.C.C.C.C.C.C.C.C.C.C.C.C.C.C.C.C.C.C.C.C.C.C.C.C.C.C.C.C.C.C.C.C.C.C.C.C.C.C.C.C.C.C.C.C.C.C.C.C.C.C.C.C.C.C.C.C.C.C.C.C.C.C.C.C.C.C.C.C. The largest absolute Gasteiger partial charge is 0.0776 e. The van der Waals surface area contributed by atoms with Crippen LogP contribution in [0, 0.1) is 0 Å². The molecular weight excluding hydrogens is 1170 g/mol. The first-order valence-corrected chi connectivity index (χ1v) is 0. The first kappa shape index (κ1) is 0. The van der Waals surface area contributed by atoms with Crippen molar-refractivity contribution < 1.29 is 0 Å². The summed E-state index contributed by atoms with van der Waals surface area (Å²) in [6.45, 7) is 0. The second-order valence-electron chi connectivity index (χ2n) is 0. The Balaban J connectivity index is 0. The average molecular weight is 1560 g/mol. The smallest absolute Gasteiger partial charge is 0.0776 e. The highest BCUT2D eigenvalue weighted by molar-refractivity contribution is 2.60. The van der Waals surface area contributed by atoms with Crippen molar-refractivity contribution in [3.05, 3.63) is 0 Å². The molecule has 0 atom stereocenters. The van der Waals surface area contributed by atoms with Crippen molar-refractivity contribution in [3.63, 3.8) is 0 Å². The average Bonchev–Trinajstić information content (AvgIpc) is 0. The molecule has 0 N–H and O–H groups in total. The molecule has 0 bridgehead atoms. The van der Waals surface area contributed by atoms with Gasteiger partial charge in [-0.2, -0.15) is 0 Å². The molecule has 0 rings (SSSR count). The highest BCUT2D eigenvalue weighted by atomic mass is 12.1. The summed E-state index contributed by atoms with van der Waals surface area (Å²) in [4.78, 5) is 0. The molecule has 0 radical (unpaired) electrons. The molecule has 0 heteroatoms. The van der Waals surface area contributed by atoms with Gasteiger partial charge < -0.3 is 0 Å². The zero-order valence-corrected chi connectivity index (χ0v) is 0. The number of hydrogen-bond acceptors (Lipinski definition) is 0. The third kappa shape index (κ3) is 0. The molecule has 0 aliphatic heterocycles. The Morgan fingerprint density at radius 1 is 0.0103 bits per heavy atom. The van der Waals surface area contributed by atoms with Crippen molar-refractivity contribution in [1.82, 2.24) is 0 Å². The summed E-state index contributed by atoms with van der Waals surface area (Å²) in [6.07, 6.45) is 0. The fourth-order valence-electron chi connectivity index (χ4n) is 0. The first-order valence-electron chi connectivity index (χ1n) is 0. The van der Waals surface area contributed by atoms with E-state index in [0.717, 1.165) is 0 Å². The molecule has 0 spiro atoms. The van der Waals surface area contributed by atoms with E-state index < -0.39 is 0 Å². The molecule has 0 amide bonds. The standard InChI is InChI=1S/97CH4/h97*1H4. The lowest BCUT2D eigenvalue weighted by Crippen LogP contribution is 0.143. The molecule has 0 fully saturated rings. The molecule has 0 saturated carbocycles. The van der Waals surface area contributed by atoms with Crippen molar-refractivity contribution in [2.45, 2.75) is 720 Å². The topological polar surface area (TPSA) is 0 Å². The van der Waals surface area contributed by atoms with Gasteiger partial charge in [0, 0.05) is 0 Å². The molecule has 0 aromatic heterocycles. The molecule has 0 heterocycles. The van der Waals surface area contributed by atoms with E-state index in [4.69, 9.17) is 0 Å². The Kier molecular flexibility index (Phi) is 0. The second kappa shape index (κ2) is 0. The van der Waals surface area contributed by atoms with E-state index in [1.807, 2.05) is 0 Å². The van der Waals surface area contributed by atoms with Crippen molar-refractivity contribution >= 4 is 0 Å². The minimum Gasteiger partial charge on any atom is -0.0776 e. The van der Waals surface area contributed by atoms with Gasteiger partial charge in [-0.25, -0.2) is 0 Å². The molecular formula is C97H388. The Morgan fingerprint density at radius 3 is 0.0103 bits per heavy atom. The third-order valence-corrected chi connectivity index (χ3v) is 0. The van der Waals surface area contributed by atoms with Gasteiger partial charge in [-0.1, -0.05) is 720 Å². The maximum atomic E-state index is 0. The maximum absolute atomic E-state index is 0. The van der Waals surface area contributed by atoms with Crippen LogP contribution in [0.1, 0.15) is 720 Å². The summed E-state index contributed by atoms with van der Waals surface area (Å²) in [5, 5.41) is 0. The van der Waals surface area contributed by atoms with E-state index in [1.54, 1.807) is 0 Å². The summed E-state index contributed by atoms with van der Waals surface area (Å²) in [5.74, 6) is 0. The van der Waals surface area contributed by atoms with E-state index in [2.05, 4.69) is 0 Å². The number of hydrogen-bond donors (Lipinski definition) is 0. The number of rotatable bonds is 0. The van der Waals surface area contributed by atoms with Gasteiger partial charge in [0.25, 0.3) is 0 Å². The van der Waals surface area contributed by atoms with Crippen LogP contribution in [0.5, 0.6) is 0 Å². The summed E-state index contributed by atoms with van der Waals surface area (Å²) in [7, 11) is 0. The first-order chi connectivity index (χ1) is 0. The van der Waals surface area contributed by atoms with Gasteiger partial charge >= 0.3 is 0 Å². The Labute approximate surface area is 716 Å². The van der Waals surface area contributed by atoms with Crippen LogP contribution in [0.2, 0.25) is 0 Å². The monoisotopic (exact) mass is 1560 g/mol. The van der Waals surface area contributed by atoms with Crippen LogP contribution in [0.3, 0.4) is 0 Å². The molecule has 0 aliphatic carbocycles. The zero-order chi connectivity index (χ0) is 0. The van der Waals surface area contributed by atoms with Gasteiger partial charge in [0.15, 0.2) is 0 Å². The van der Waals surface area contributed by atoms with E-state index >= 15 is 0 Å². The highest BCUT2D eigenvalue weighted by Crippen LogP contribution is 0.240. The lowest BCUT2D eigenvalue weighted by Gasteiger charge is -0.0786. The van der Waals surface area contributed by atoms with Gasteiger partial charge in [-0.15, -0.1) is 0 Å². The molecule has 0 aromatic rings. The fraction of sp³-hybridized carbons (Fsp3) is 1.00. The van der Waals surface area contributed by atoms with Crippen molar-refractivity contribution in [1.29, 1.82) is 0 Å². The van der Waals surface area contributed by atoms with E-state index in [1.165, 1.54) is 0 Å². The zero-order valence-electron chi connectivity index (χ0n) is 0. The van der Waals surface area contributed by atoms with E-state index in [-0.39, 0.29) is 720 Å². The van der Waals surface area contributed by atoms with Crippen LogP contribution in [0.4, 0.5) is 0 Å². The minimum atomic E-state index is 0. The van der Waals surface area contributed by atoms with Crippen molar-refractivity contribution in [3.8, 4) is 0 Å². The molecule has 0 nitrogen and oxygen atoms in total. The Morgan fingerprint density at radius 2 is 0.0103 bits per heavy atom. The van der Waals surface area contributed by atoms with Crippen LogP contribution in [-0.2, 0) is 0 Å². The normalized spacial score (nSPS) is 0. The van der Waals surface area contributed by atoms with Gasteiger partial charge in [0.05, 0.1) is 0 Å². The van der Waals surface area contributed by atoms with Gasteiger partial charge in [-0.05, 0) is 0 Å². The van der Waals surface area contributed by atoms with E-state index in [0.29, 0.717) is 0 Å². The summed E-state index contributed by atoms with van der Waals surface area (Å²) in [6, 6.07) is 0. The van der Waals surface area contributed by atoms with E-state index in [9.17, 15) is 0 Å². The van der Waals surface area contributed by atoms with Gasteiger partial charge in [-0.3, -0.25) is 0 Å². The van der Waals surface area contributed by atoms with Crippen molar-refractivity contribution in [2.24, 2.45) is 0 Å². The molecule has 0 aliphatic rings. The molecule has 0 unspecified atom stereocenters. The third-order valence-electron chi connectivity index (χ3n) is 0. The maximum Gasteiger partial charge on any atom is -0.0776 e. The second-order valence-corrected chi connectivity index (χ2v) is 0. The Hall–Kier alpha value is 0. The predicted octanol–water partition coefficient (Wildman–Crippen LogP) is 61.7. The van der Waals surface area contributed by atoms with Crippen molar-refractivity contribution in [2.75, 3.05) is 0 Å². The van der Waals surface area contributed by atoms with Crippen LogP contribution >= 0.6 is 0 Å². The minimum absolute atomic E-state index is 0. The lowest BCUT2D eigenvalue weighted by atomic mass is 12.0. The van der Waals surface area contributed by atoms with Crippen LogP contribution in [0.15, 0.2) is 0 Å². The quantitative estimate of drug-likeness (QED) is 0.227. The van der Waals surface area contributed by atoms with Gasteiger partial charge in [0.1, 0.15) is 0 Å². The summed E-state index contributed by atoms with van der Waals surface area (Å²) >= 11 is 0. The molecule has 0 saturated heterocycles. The Bertz CT molecular complexity index is 0. The molecule has 776 valence electrons.